The van der Waals surface area contributed by atoms with Crippen molar-refractivity contribution in [1.82, 2.24) is 24.5 Å². The third-order valence-electron chi connectivity index (χ3n) is 4.18. The van der Waals surface area contributed by atoms with Gasteiger partial charge in [0.2, 0.25) is 0 Å². The number of hydrogen-bond donors (Lipinski definition) is 1. The van der Waals surface area contributed by atoms with Crippen LogP contribution >= 0.6 is 0 Å². The number of benzene rings is 1. The van der Waals surface area contributed by atoms with Gasteiger partial charge >= 0.3 is 5.97 Å². The minimum Gasteiger partial charge on any atom is -0.478 e. The van der Waals surface area contributed by atoms with Crippen molar-refractivity contribution in [3.63, 3.8) is 0 Å². The fraction of sp³-hybridized carbons (Fsp3) is 0.263. The summed E-state index contributed by atoms with van der Waals surface area (Å²) in [7, 11) is 3.40. The molecule has 1 N–H and O–H groups in total. The monoisotopic (exact) mass is 367 g/mol. The van der Waals surface area contributed by atoms with E-state index in [1.165, 1.54) is 10.9 Å². The van der Waals surface area contributed by atoms with Gasteiger partial charge in [0.25, 0.3) is 5.91 Å². The number of rotatable bonds is 7. The molecule has 8 heteroatoms. The Morgan fingerprint density at radius 1 is 1.07 bits per heavy atom. The number of aromatic carboxylic acids is 1. The third kappa shape index (κ3) is 4.41. The van der Waals surface area contributed by atoms with Crippen molar-refractivity contribution in [3.8, 4) is 0 Å². The van der Waals surface area contributed by atoms with Crippen LogP contribution in [-0.4, -0.2) is 48.0 Å². The van der Waals surface area contributed by atoms with Gasteiger partial charge in [-0.15, -0.1) is 0 Å². The lowest BCUT2D eigenvalue weighted by molar-refractivity contribution is 0.0670. The largest absolute Gasteiger partial charge is 0.478 e. The number of carboxylic acids is 1. The number of amides is 1. The SMILES string of the molecule is Cn1ccc(CN(CCc2ccccc2)C(=O)c2nn(C)cc2C(=O)O)n1. The Hall–Kier alpha value is -3.42. The molecule has 0 aliphatic rings. The maximum Gasteiger partial charge on any atom is 0.339 e. The Morgan fingerprint density at radius 2 is 1.81 bits per heavy atom. The van der Waals surface area contributed by atoms with Crippen LogP contribution in [0.1, 0.15) is 32.1 Å². The Bertz CT molecular complexity index is 945. The van der Waals surface area contributed by atoms with Crippen molar-refractivity contribution in [1.29, 1.82) is 0 Å². The Balaban J connectivity index is 1.86. The summed E-state index contributed by atoms with van der Waals surface area (Å²) in [5.41, 5.74) is 1.66. The molecule has 140 valence electrons. The summed E-state index contributed by atoms with van der Waals surface area (Å²) < 4.78 is 3.01. The van der Waals surface area contributed by atoms with E-state index >= 15 is 0 Å². The molecule has 27 heavy (non-hydrogen) atoms. The lowest BCUT2D eigenvalue weighted by Gasteiger charge is -2.21. The third-order valence-corrected chi connectivity index (χ3v) is 4.18. The molecule has 3 aromatic rings. The first kappa shape index (κ1) is 18.4. The highest BCUT2D eigenvalue weighted by atomic mass is 16.4. The van der Waals surface area contributed by atoms with E-state index in [1.54, 1.807) is 29.9 Å². The lowest BCUT2D eigenvalue weighted by atomic mass is 10.1. The average Bonchev–Trinajstić information content (AvgIpc) is 3.24. The fourth-order valence-electron chi connectivity index (χ4n) is 2.86. The Morgan fingerprint density at radius 3 is 2.44 bits per heavy atom. The molecular weight excluding hydrogens is 346 g/mol. The summed E-state index contributed by atoms with van der Waals surface area (Å²) in [5, 5.41) is 17.8. The van der Waals surface area contributed by atoms with E-state index < -0.39 is 11.9 Å². The number of nitrogens with zero attached hydrogens (tertiary/aromatic N) is 5. The van der Waals surface area contributed by atoms with Crippen LogP contribution < -0.4 is 0 Å². The van der Waals surface area contributed by atoms with Crippen LogP contribution in [0.25, 0.3) is 0 Å². The molecule has 0 aliphatic heterocycles. The molecule has 0 atom stereocenters. The first-order chi connectivity index (χ1) is 12.9. The van der Waals surface area contributed by atoms with Crippen LogP contribution in [0, 0.1) is 0 Å². The molecular formula is C19H21N5O3. The summed E-state index contributed by atoms with van der Waals surface area (Å²) in [6.07, 6.45) is 3.79. The van der Waals surface area contributed by atoms with Gasteiger partial charge in [0, 0.05) is 33.0 Å². The summed E-state index contributed by atoms with van der Waals surface area (Å²) in [4.78, 5) is 26.1. The molecule has 0 unspecified atom stereocenters. The van der Waals surface area contributed by atoms with Crippen LogP contribution in [0.5, 0.6) is 0 Å². The smallest absolute Gasteiger partial charge is 0.339 e. The van der Waals surface area contributed by atoms with E-state index in [0.29, 0.717) is 13.0 Å². The predicted octanol–water partition coefficient (Wildman–Crippen LogP) is 1.74. The molecule has 0 aliphatic carbocycles. The van der Waals surface area contributed by atoms with Crippen molar-refractivity contribution in [2.45, 2.75) is 13.0 Å². The van der Waals surface area contributed by atoms with E-state index in [9.17, 15) is 14.7 Å². The van der Waals surface area contributed by atoms with Gasteiger partial charge in [-0.3, -0.25) is 14.2 Å². The molecule has 3 rings (SSSR count). The minimum absolute atomic E-state index is 0.0611. The molecule has 2 heterocycles. The zero-order valence-corrected chi connectivity index (χ0v) is 15.2. The second kappa shape index (κ2) is 7.86. The molecule has 0 radical (unpaired) electrons. The Labute approximate surface area is 156 Å². The number of aryl methyl sites for hydroxylation is 2. The van der Waals surface area contributed by atoms with Gasteiger partial charge in [0.05, 0.1) is 12.2 Å². The van der Waals surface area contributed by atoms with E-state index in [1.807, 2.05) is 36.4 Å². The van der Waals surface area contributed by atoms with Crippen LogP contribution in [0.2, 0.25) is 0 Å². The fourth-order valence-corrected chi connectivity index (χ4v) is 2.86. The zero-order chi connectivity index (χ0) is 19.4. The van der Waals surface area contributed by atoms with Gasteiger partial charge in [-0.25, -0.2) is 4.79 Å². The van der Waals surface area contributed by atoms with Gasteiger partial charge in [-0.1, -0.05) is 30.3 Å². The van der Waals surface area contributed by atoms with Crippen molar-refractivity contribution >= 4 is 11.9 Å². The molecule has 0 fully saturated rings. The highest BCUT2D eigenvalue weighted by Crippen LogP contribution is 2.14. The van der Waals surface area contributed by atoms with Crippen LogP contribution in [0.4, 0.5) is 0 Å². The second-order valence-electron chi connectivity index (χ2n) is 6.31. The van der Waals surface area contributed by atoms with Crippen molar-refractivity contribution in [2.24, 2.45) is 14.1 Å². The highest BCUT2D eigenvalue weighted by Gasteiger charge is 2.26. The molecule has 0 saturated heterocycles. The summed E-state index contributed by atoms with van der Waals surface area (Å²) in [6.45, 7) is 0.706. The van der Waals surface area contributed by atoms with Gasteiger partial charge in [0.15, 0.2) is 5.69 Å². The maximum atomic E-state index is 13.1. The molecule has 8 nitrogen and oxygen atoms in total. The zero-order valence-electron chi connectivity index (χ0n) is 15.2. The molecule has 0 spiro atoms. The van der Waals surface area contributed by atoms with Crippen LogP contribution in [-0.2, 0) is 27.1 Å². The number of carboxylic acid groups (broad SMARTS) is 1. The molecule has 2 aromatic heterocycles. The average molecular weight is 367 g/mol. The molecule has 1 aromatic carbocycles. The Kier molecular flexibility index (Phi) is 5.35. The summed E-state index contributed by atoms with van der Waals surface area (Å²) >= 11 is 0. The van der Waals surface area contributed by atoms with Gasteiger partial charge in [-0.05, 0) is 18.1 Å². The van der Waals surface area contributed by atoms with Gasteiger partial charge in [0.1, 0.15) is 5.56 Å². The molecule has 1 amide bonds. The van der Waals surface area contributed by atoms with E-state index in [4.69, 9.17) is 0 Å². The highest BCUT2D eigenvalue weighted by molar-refractivity contribution is 6.03. The normalized spacial score (nSPS) is 10.7. The van der Waals surface area contributed by atoms with Crippen molar-refractivity contribution in [2.75, 3.05) is 6.54 Å². The van der Waals surface area contributed by atoms with E-state index in [2.05, 4.69) is 10.2 Å². The summed E-state index contributed by atoms with van der Waals surface area (Å²) in [6, 6.07) is 11.6. The number of hydrogen-bond acceptors (Lipinski definition) is 4. The first-order valence-corrected chi connectivity index (χ1v) is 8.52. The standard InChI is InChI=1S/C19H21N5O3/c1-22-10-9-15(20-22)12-24(11-8-14-6-4-3-5-7-14)18(25)17-16(19(26)27)13-23(2)21-17/h3-7,9-10,13H,8,11-12H2,1-2H3,(H,26,27). The predicted molar refractivity (Wildman–Crippen MR) is 98.3 cm³/mol. The minimum atomic E-state index is -1.17. The lowest BCUT2D eigenvalue weighted by Crippen LogP contribution is -2.34. The van der Waals surface area contributed by atoms with Crippen LogP contribution in [0.15, 0.2) is 48.8 Å². The van der Waals surface area contributed by atoms with Crippen LogP contribution in [0.3, 0.4) is 0 Å². The number of carbonyl (C=O) groups excluding carboxylic acids is 1. The maximum absolute atomic E-state index is 13.1. The van der Waals surface area contributed by atoms with Gasteiger partial charge < -0.3 is 10.0 Å². The van der Waals surface area contributed by atoms with E-state index in [0.717, 1.165) is 11.3 Å². The quantitative estimate of drug-likeness (QED) is 0.686. The van der Waals surface area contributed by atoms with Crippen molar-refractivity contribution < 1.29 is 14.7 Å². The summed E-state index contributed by atoms with van der Waals surface area (Å²) in [5.74, 6) is -1.60. The van der Waals surface area contributed by atoms with Gasteiger partial charge in [-0.2, -0.15) is 10.2 Å². The first-order valence-electron chi connectivity index (χ1n) is 8.52. The number of carbonyl (C=O) groups is 2. The van der Waals surface area contributed by atoms with E-state index in [-0.39, 0.29) is 17.8 Å². The topological polar surface area (TPSA) is 93.2 Å². The molecule has 0 saturated carbocycles. The number of aromatic nitrogens is 4. The second-order valence-corrected chi connectivity index (χ2v) is 6.31. The van der Waals surface area contributed by atoms with Crippen molar-refractivity contribution in [3.05, 3.63) is 71.3 Å². The molecule has 0 bridgehead atoms.